The summed E-state index contributed by atoms with van der Waals surface area (Å²) in [5.74, 6) is 0.175. The molecule has 3 heterocycles. The monoisotopic (exact) mass is 287 g/mol. The minimum atomic E-state index is -0.684. The molecule has 5 aliphatic rings. The quantitative estimate of drug-likeness (QED) is 0.561. The predicted octanol–water partition coefficient (Wildman–Crippen LogP) is 0.517. The van der Waals surface area contributed by atoms with Gasteiger partial charge in [-0.3, -0.25) is 14.5 Å². The summed E-state index contributed by atoms with van der Waals surface area (Å²) in [6.07, 6.45) is 8.66. The Balaban J connectivity index is 1.71. The maximum Gasteiger partial charge on any atom is 0.240 e. The minimum Gasteiger partial charge on any atom is -0.383 e. The summed E-state index contributed by atoms with van der Waals surface area (Å²) < 4.78 is 11.1. The molecular formula is C16H17NO4. The van der Waals surface area contributed by atoms with Crippen molar-refractivity contribution in [2.75, 3.05) is 20.3 Å². The maximum atomic E-state index is 13.2. The van der Waals surface area contributed by atoms with E-state index in [1.165, 1.54) is 4.90 Å². The van der Waals surface area contributed by atoms with E-state index in [0.717, 1.165) is 6.42 Å². The Labute approximate surface area is 122 Å². The minimum absolute atomic E-state index is 0.0433. The van der Waals surface area contributed by atoms with Gasteiger partial charge in [0, 0.05) is 7.11 Å². The SMILES string of the molecule is COCCN1C(=O)C23C4C=C[C@@H](O4)C2(C1=O)[C@@H]1C=C[C@@H]3C1. The summed E-state index contributed by atoms with van der Waals surface area (Å²) >= 11 is 0. The van der Waals surface area contributed by atoms with Gasteiger partial charge in [0.25, 0.3) is 0 Å². The number of hydrogen-bond acceptors (Lipinski definition) is 4. The fourth-order valence-electron chi connectivity index (χ4n) is 5.69. The number of amides is 2. The van der Waals surface area contributed by atoms with E-state index >= 15 is 0 Å². The molecule has 0 spiro atoms. The van der Waals surface area contributed by atoms with Crippen molar-refractivity contribution in [3.05, 3.63) is 24.3 Å². The number of fused-ring (bicyclic) bond motifs is 4. The molecule has 0 N–H and O–H groups in total. The molecule has 0 aromatic heterocycles. The fraction of sp³-hybridized carbons (Fsp3) is 0.625. The van der Waals surface area contributed by atoms with Gasteiger partial charge in [0.15, 0.2) is 0 Å². The molecule has 0 aromatic rings. The predicted molar refractivity (Wildman–Crippen MR) is 72.0 cm³/mol. The van der Waals surface area contributed by atoms with Crippen LogP contribution in [-0.4, -0.2) is 49.2 Å². The van der Waals surface area contributed by atoms with Crippen molar-refractivity contribution in [1.82, 2.24) is 4.90 Å². The number of carbonyl (C=O) groups excluding carboxylic acids is 2. The van der Waals surface area contributed by atoms with Gasteiger partial charge in [-0.2, -0.15) is 0 Å². The summed E-state index contributed by atoms with van der Waals surface area (Å²) in [4.78, 5) is 27.8. The average Bonchev–Trinajstić information content (AvgIpc) is 3.24. The van der Waals surface area contributed by atoms with Crippen molar-refractivity contribution < 1.29 is 19.1 Å². The number of nitrogens with zero attached hydrogens (tertiary/aromatic N) is 1. The van der Waals surface area contributed by atoms with E-state index in [1.807, 2.05) is 12.2 Å². The zero-order valence-electron chi connectivity index (χ0n) is 11.8. The zero-order chi connectivity index (χ0) is 14.4. The number of ether oxygens (including phenoxy) is 2. The highest BCUT2D eigenvalue weighted by Gasteiger charge is 2.87. The third-order valence-electron chi connectivity index (χ3n) is 6.31. The first kappa shape index (κ1) is 12.1. The van der Waals surface area contributed by atoms with Crippen LogP contribution in [0.4, 0.5) is 0 Å². The highest BCUT2D eigenvalue weighted by atomic mass is 16.5. The molecule has 0 aromatic carbocycles. The Morgan fingerprint density at radius 2 is 1.71 bits per heavy atom. The molecule has 5 heteroatoms. The largest absolute Gasteiger partial charge is 0.383 e. The van der Waals surface area contributed by atoms with E-state index in [2.05, 4.69) is 12.2 Å². The second kappa shape index (κ2) is 3.47. The second-order valence-corrected chi connectivity index (χ2v) is 6.69. The first-order valence-electron chi connectivity index (χ1n) is 7.56. The van der Waals surface area contributed by atoms with Gasteiger partial charge in [0.05, 0.1) is 25.4 Å². The Bertz CT molecular complexity index is 548. The van der Waals surface area contributed by atoms with Crippen LogP contribution in [0.5, 0.6) is 0 Å². The lowest BCUT2D eigenvalue weighted by Crippen LogP contribution is -2.53. The van der Waals surface area contributed by atoms with Gasteiger partial charge in [-0.1, -0.05) is 24.3 Å². The van der Waals surface area contributed by atoms with E-state index in [1.54, 1.807) is 7.11 Å². The normalized spacial score (nSPS) is 51.4. The van der Waals surface area contributed by atoms with Crippen LogP contribution in [-0.2, 0) is 19.1 Å². The number of allylic oxidation sites excluding steroid dienone is 2. The summed E-state index contributed by atoms with van der Waals surface area (Å²) in [5.41, 5.74) is -1.37. The van der Waals surface area contributed by atoms with Gasteiger partial charge in [0.1, 0.15) is 10.8 Å². The maximum absolute atomic E-state index is 13.2. The fourth-order valence-corrected chi connectivity index (χ4v) is 5.69. The summed E-state index contributed by atoms with van der Waals surface area (Å²) in [7, 11) is 1.59. The molecule has 1 saturated carbocycles. The van der Waals surface area contributed by atoms with E-state index in [9.17, 15) is 9.59 Å². The molecule has 2 saturated heterocycles. The van der Waals surface area contributed by atoms with E-state index < -0.39 is 10.8 Å². The standard InChI is InChI=1S/C16H17NO4/c1-20-7-6-17-13(18)15-9-2-3-10(8-9)16(15,14(17)19)12-5-4-11(15)21-12/h2-5,9-12H,6-8H2,1H3/t9-,10-,11-,12?,15?,16?/m1/s1. The Morgan fingerprint density at radius 1 is 1.14 bits per heavy atom. The van der Waals surface area contributed by atoms with E-state index in [0.29, 0.717) is 13.2 Å². The van der Waals surface area contributed by atoms with E-state index in [4.69, 9.17) is 9.47 Å². The molecule has 3 aliphatic heterocycles. The van der Waals surface area contributed by atoms with Crippen molar-refractivity contribution >= 4 is 11.8 Å². The molecule has 21 heavy (non-hydrogen) atoms. The number of likely N-dealkylation sites (tertiary alicyclic amines) is 1. The summed E-state index contributed by atoms with van der Waals surface area (Å²) in [5, 5.41) is 0. The molecule has 4 bridgehead atoms. The van der Waals surface area contributed by atoms with Crippen LogP contribution in [0.15, 0.2) is 24.3 Å². The van der Waals surface area contributed by atoms with Crippen LogP contribution in [0.1, 0.15) is 6.42 Å². The van der Waals surface area contributed by atoms with Gasteiger partial charge in [-0.25, -0.2) is 0 Å². The summed E-state index contributed by atoms with van der Waals surface area (Å²) in [6.45, 7) is 0.729. The van der Waals surface area contributed by atoms with Crippen molar-refractivity contribution in [1.29, 1.82) is 0 Å². The smallest absolute Gasteiger partial charge is 0.240 e. The second-order valence-electron chi connectivity index (χ2n) is 6.69. The number of carbonyl (C=O) groups is 2. The van der Waals surface area contributed by atoms with Gasteiger partial charge in [-0.15, -0.1) is 0 Å². The van der Waals surface area contributed by atoms with Crippen LogP contribution in [0.2, 0.25) is 0 Å². The van der Waals surface area contributed by atoms with Crippen LogP contribution < -0.4 is 0 Å². The number of rotatable bonds is 3. The Kier molecular flexibility index (Phi) is 2.00. The number of methoxy groups -OCH3 is 1. The lowest BCUT2D eigenvalue weighted by Gasteiger charge is -2.40. The van der Waals surface area contributed by atoms with Gasteiger partial charge >= 0.3 is 0 Å². The van der Waals surface area contributed by atoms with Crippen LogP contribution in [0.25, 0.3) is 0 Å². The molecule has 110 valence electrons. The lowest BCUT2D eigenvalue weighted by molar-refractivity contribution is -0.147. The first-order valence-corrected chi connectivity index (χ1v) is 7.56. The van der Waals surface area contributed by atoms with E-state index in [-0.39, 0.29) is 35.9 Å². The van der Waals surface area contributed by atoms with Gasteiger partial charge < -0.3 is 9.47 Å². The van der Waals surface area contributed by atoms with Gasteiger partial charge in [-0.05, 0) is 18.3 Å². The zero-order valence-corrected chi connectivity index (χ0v) is 11.8. The molecule has 3 fully saturated rings. The molecule has 2 amide bonds. The first-order chi connectivity index (χ1) is 10.2. The molecular weight excluding hydrogens is 270 g/mol. The number of imide groups is 1. The summed E-state index contributed by atoms with van der Waals surface area (Å²) in [6, 6.07) is 0. The molecule has 6 atom stereocenters. The third kappa shape index (κ3) is 0.938. The van der Waals surface area contributed by atoms with Crippen LogP contribution in [0.3, 0.4) is 0 Å². The van der Waals surface area contributed by atoms with Crippen LogP contribution >= 0.6 is 0 Å². The third-order valence-corrected chi connectivity index (χ3v) is 6.31. The topological polar surface area (TPSA) is 55.8 Å². The molecule has 5 rings (SSSR count). The average molecular weight is 287 g/mol. The molecule has 0 radical (unpaired) electrons. The van der Waals surface area contributed by atoms with Crippen molar-refractivity contribution in [3.63, 3.8) is 0 Å². The van der Waals surface area contributed by atoms with Crippen LogP contribution in [0, 0.1) is 22.7 Å². The number of hydrogen-bond donors (Lipinski definition) is 0. The molecule has 2 aliphatic carbocycles. The van der Waals surface area contributed by atoms with Crippen molar-refractivity contribution in [3.8, 4) is 0 Å². The Hall–Kier alpha value is -1.46. The molecule has 5 nitrogen and oxygen atoms in total. The highest BCUT2D eigenvalue weighted by molar-refractivity contribution is 6.13. The Morgan fingerprint density at radius 3 is 2.24 bits per heavy atom. The molecule has 3 unspecified atom stereocenters. The van der Waals surface area contributed by atoms with Gasteiger partial charge in [0.2, 0.25) is 11.8 Å². The highest BCUT2D eigenvalue weighted by Crippen LogP contribution is 2.76. The van der Waals surface area contributed by atoms with Crippen molar-refractivity contribution in [2.45, 2.75) is 18.6 Å². The lowest BCUT2D eigenvalue weighted by atomic mass is 9.54. The van der Waals surface area contributed by atoms with Crippen molar-refractivity contribution in [2.24, 2.45) is 22.7 Å².